The van der Waals surface area contributed by atoms with Crippen molar-refractivity contribution in [1.29, 1.82) is 0 Å². The zero-order chi connectivity index (χ0) is 11.4. The smallest absolute Gasteiger partial charge is 0.130 e. The lowest BCUT2D eigenvalue weighted by atomic mass is 10.3. The van der Waals surface area contributed by atoms with Crippen molar-refractivity contribution < 1.29 is 14.6 Å². The van der Waals surface area contributed by atoms with E-state index in [0.717, 1.165) is 18.3 Å². The Balaban J connectivity index is 1.65. The molecule has 1 N–H and O–H groups in total. The Morgan fingerprint density at radius 1 is 1.31 bits per heavy atom. The Morgan fingerprint density at radius 2 is 2.12 bits per heavy atom. The van der Waals surface area contributed by atoms with Gasteiger partial charge in [-0.25, -0.2) is 0 Å². The summed E-state index contributed by atoms with van der Waals surface area (Å²) in [6.07, 6.45) is 2.62. The summed E-state index contributed by atoms with van der Waals surface area (Å²) in [7, 11) is 0. The highest BCUT2D eigenvalue weighted by molar-refractivity contribution is 9.10. The van der Waals surface area contributed by atoms with Crippen molar-refractivity contribution >= 4 is 15.9 Å². The maximum absolute atomic E-state index is 9.29. The van der Waals surface area contributed by atoms with E-state index in [1.807, 2.05) is 0 Å². The first kappa shape index (κ1) is 11.7. The molecule has 3 nitrogen and oxygen atoms in total. The molecule has 1 aliphatic rings. The van der Waals surface area contributed by atoms with Gasteiger partial charge in [0.2, 0.25) is 0 Å². The number of halogens is 1. The van der Waals surface area contributed by atoms with Crippen molar-refractivity contribution in [3.63, 3.8) is 0 Å². The normalized spacial score (nSPS) is 15.1. The number of rotatable bonds is 6. The maximum Gasteiger partial charge on any atom is 0.130 e. The highest BCUT2D eigenvalue weighted by atomic mass is 79.9. The molecular weight excluding hydrogens is 272 g/mol. The molecule has 16 heavy (non-hydrogen) atoms. The topological polar surface area (TPSA) is 38.7 Å². The molecule has 1 aliphatic carbocycles. The van der Waals surface area contributed by atoms with Gasteiger partial charge in [-0.05, 0) is 52.9 Å². The van der Waals surface area contributed by atoms with E-state index in [1.165, 1.54) is 12.8 Å². The van der Waals surface area contributed by atoms with Crippen molar-refractivity contribution in [3.05, 3.63) is 22.7 Å². The molecule has 0 aliphatic heterocycles. The molecule has 1 aromatic rings. The molecule has 0 bridgehead atoms. The first-order chi connectivity index (χ1) is 7.75. The summed E-state index contributed by atoms with van der Waals surface area (Å²) in [5.41, 5.74) is 0. The van der Waals surface area contributed by atoms with Gasteiger partial charge in [0.25, 0.3) is 0 Å². The largest absolute Gasteiger partial charge is 0.507 e. The fourth-order valence-electron chi connectivity index (χ4n) is 1.33. The minimum Gasteiger partial charge on any atom is -0.507 e. The van der Waals surface area contributed by atoms with Crippen LogP contribution in [0.15, 0.2) is 22.7 Å². The summed E-state index contributed by atoms with van der Waals surface area (Å²) in [4.78, 5) is 0. The fraction of sp³-hybridized carbons (Fsp3) is 0.500. The van der Waals surface area contributed by atoms with E-state index in [2.05, 4.69) is 15.9 Å². The van der Waals surface area contributed by atoms with Crippen LogP contribution in [0.5, 0.6) is 11.5 Å². The van der Waals surface area contributed by atoms with Gasteiger partial charge < -0.3 is 14.6 Å². The van der Waals surface area contributed by atoms with Gasteiger partial charge in [-0.2, -0.15) is 0 Å². The van der Waals surface area contributed by atoms with Gasteiger partial charge in [-0.15, -0.1) is 0 Å². The highest BCUT2D eigenvalue weighted by Crippen LogP contribution is 2.29. The SMILES string of the molecule is Oc1ccc(OCCOCC2CC2)cc1Br. The minimum atomic E-state index is 0.220. The van der Waals surface area contributed by atoms with Crippen LogP contribution in [-0.2, 0) is 4.74 Å². The number of phenolic OH excluding ortho intramolecular Hbond substituents is 1. The summed E-state index contributed by atoms with van der Waals surface area (Å²) in [5.74, 6) is 1.75. The van der Waals surface area contributed by atoms with E-state index in [0.29, 0.717) is 17.7 Å². The quantitative estimate of drug-likeness (QED) is 0.817. The maximum atomic E-state index is 9.29. The number of hydrogen-bond donors (Lipinski definition) is 1. The Labute approximate surface area is 104 Å². The van der Waals surface area contributed by atoms with E-state index in [4.69, 9.17) is 9.47 Å². The standard InChI is InChI=1S/C12H15BrO3/c13-11-7-10(3-4-12(11)14)16-6-5-15-8-9-1-2-9/h3-4,7,9,14H,1-2,5-6,8H2. The van der Waals surface area contributed by atoms with Crippen molar-refractivity contribution in [2.24, 2.45) is 5.92 Å². The average molecular weight is 287 g/mol. The van der Waals surface area contributed by atoms with Crippen LogP contribution in [-0.4, -0.2) is 24.9 Å². The van der Waals surface area contributed by atoms with Crippen LogP contribution >= 0.6 is 15.9 Å². The van der Waals surface area contributed by atoms with Gasteiger partial charge >= 0.3 is 0 Å². The molecule has 0 atom stereocenters. The van der Waals surface area contributed by atoms with Crippen LogP contribution in [0, 0.1) is 5.92 Å². The molecule has 0 amide bonds. The second-order valence-corrected chi connectivity index (χ2v) is 4.83. The van der Waals surface area contributed by atoms with Gasteiger partial charge in [-0.1, -0.05) is 0 Å². The Morgan fingerprint density at radius 3 is 2.81 bits per heavy atom. The fourth-order valence-corrected chi connectivity index (χ4v) is 1.69. The number of aromatic hydroxyl groups is 1. The molecule has 4 heteroatoms. The predicted octanol–water partition coefficient (Wildman–Crippen LogP) is 2.96. The molecule has 0 spiro atoms. The van der Waals surface area contributed by atoms with Crippen LogP contribution < -0.4 is 4.74 Å². The number of ether oxygens (including phenoxy) is 2. The Hall–Kier alpha value is -0.740. The second kappa shape index (κ2) is 5.55. The van der Waals surface area contributed by atoms with Gasteiger partial charge in [0.1, 0.15) is 18.1 Å². The molecule has 0 saturated heterocycles. The lowest BCUT2D eigenvalue weighted by Crippen LogP contribution is -2.08. The molecule has 1 aromatic carbocycles. The van der Waals surface area contributed by atoms with Crippen LogP contribution in [0.3, 0.4) is 0 Å². The average Bonchev–Trinajstić information content (AvgIpc) is 3.07. The predicted molar refractivity (Wildman–Crippen MR) is 64.8 cm³/mol. The Kier molecular flexibility index (Phi) is 4.07. The zero-order valence-corrected chi connectivity index (χ0v) is 10.6. The van der Waals surface area contributed by atoms with Crippen molar-refractivity contribution in [2.75, 3.05) is 19.8 Å². The third kappa shape index (κ3) is 3.68. The first-order valence-corrected chi connectivity index (χ1v) is 6.24. The second-order valence-electron chi connectivity index (χ2n) is 3.98. The van der Waals surface area contributed by atoms with Gasteiger partial charge in [0, 0.05) is 6.61 Å². The third-order valence-electron chi connectivity index (χ3n) is 2.47. The molecule has 1 fully saturated rings. The van der Waals surface area contributed by atoms with Crippen LogP contribution in [0.2, 0.25) is 0 Å². The van der Waals surface area contributed by atoms with E-state index < -0.39 is 0 Å². The molecule has 2 rings (SSSR count). The van der Waals surface area contributed by atoms with Crippen molar-refractivity contribution in [3.8, 4) is 11.5 Å². The molecule has 88 valence electrons. The number of hydrogen-bond acceptors (Lipinski definition) is 3. The van der Waals surface area contributed by atoms with Crippen LogP contribution in [0.25, 0.3) is 0 Å². The lowest BCUT2D eigenvalue weighted by molar-refractivity contribution is 0.0927. The van der Waals surface area contributed by atoms with Crippen molar-refractivity contribution in [2.45, 2.75) is 12.8 Å². The molecule has 0 aromatic heterocycles. The summed E-state index contributed by atoms with van der Waals surface area (Å²) in [5, 5.41) is 9.29. The van der Waals surface area contributed by atoms with Gasteiger partial charge in [-0.3, -0.25) is 0 Å². The first-order valence-electron chi connectivity index (χ1n) is 5.45. The number of benzene rings is 1. The summed E-state index contributed by atoms with van der Waals surface area (Å²) in [6, 6.07) is 5.08. The zero-order valence-electron chi connectivity index (χ0n) is 8.99. The van der Waals surface area contributed by atoms with E-state index in [-0.39, 0.29) is 5.75 Å². The van der Waals surface area contributed by atoms with Crippen molar-refractivity contribution in [1.82, 2.24) is 0 Å². The number of phenols is 1. The third-order valence-corrected chi connectivity index (χ3v) is 3.10. The Bertz CT molecular complexity index is 350. The highest BCUT2D eigenvalue weighted by Gasteiger charge is 2.20. The molecule has 0 radical (unpaired) electrons. The lowest BCUT2D eigenvalue weighted by Gasteiger charge is -2.07. The van der Waals surface area contributed by atoms with Gasteiger partial charge in [0.05, 0.1) is 11.1 Å². The van der Waals surface area contributed by atoms with E-state index >= 15 is 0 Å². The monoisotopic (exact) mass is 286 g/mol. The van der Waals surface area contributed by atoms with Crippen LogP contribution in [0.4, 0.5) is 0 Å². The molecular formula is C12H15BrO3. The summed E-state index contributed by atoms with van der Waals surface area (Å²) >= 11 is 3.23. The van der Waals surface area contributed by atoms with E-state index in [9.17, 15) is 5.11 Å². The summed E-state index contributed by atoms with van der Waals surface area (Å²) < 4.78 is 11.6. The summed E-state index contributed by atoms with van der Waals surface area (Å²) in [6.45, 7) is 2.03. The molecule has 1 saturated carbocycles. The van der Waals surface area contributed by atoms with E-state index in [1.54, 1.807) is 18.2 Å². The minimum absolute atomic E-state index is 0.220. The van der Waals surface area contributed by atoms with Gasteiger partial charge in [0.15, 0.2) is 0 Å². The molecule has 0 heterocycles. The van der Waals surface area contributed by atoms with Crippen LogP contribution in [0.1, 0.15) is 12.8 Å². The molecule has 0 unspecified atom stereocenters.